The van der Waals surface area contributed by atoms with Gasteiger partial charge in [0, 0.05) is 31.9 Å². The molecule has 0 aliphatic rings. The summed E-state index contributed by atoms with van der Waals surface area (Å²) in [5.74, 6) is 0. The second kappa shape index (κ2) is 11.5. The maximum absolute atomic E-state index is 4.33. The van der Waals surface area contributed by atoms with Crippen LogP contribution in [0.5, 0.6) is 0 Å². The van der Waals surface area contributed by atoms with E-state index in [1.54, 1.807) is 0 Å². The van der Waals surface area contributed by atoms with Crippen molar-refractivity contribution in [2.24, 2.45) is 0 Å². The van der Waals surface area contributed by atoms with Crippen LogP contribution in [-0.4, -0.2) is 40.9 Å². The first-order chi connectivity index (χ1) is 8.19. The van der Waals surface area contributed by atoms with Gasteiger partial charge in [0.15, 0.2) is 0 Å². The van der Waals surface area contributed by atoms with Crippen molar-refractivity contribution in [1.82, 2.24) is 20.0 Å². The Balaban J connectivity index is 0. The van der Waals surface area contributed by atoms with Gasteiger partial charge in [0.25, 0.3) is 0 Å². The van der Waals surface area contributed by atoms with Crippen molar-refractivity contribution < 1.29 is 0 Å². The minimum atomic E-state index is 0. The van der Waals surface area contributed by atoms with Gasteiger partial charge >= 0.3 is 0 Å². The van der Waals surface area contributed by atoms with E-state index in [0.717, 1.165) is 32.7 Å². The molecule has 0 fully saturated rings. The van der Waals surface area contributed by atoms with Crippen molar-refractivity contribution in [3.8, 4) is 0 Å². The Labute approximate surface area is 129 Å². The molecule has 114 valence electrons. The molecule has 1 aromatic heterocycles. The molecule has 0 radical (unpaired) electrons. The van der Waals surface area contributed by atoms with Crippen LogP contribution in [0.1, 0.15) is 39.4 Å². The van der Waals surface area contributed by atoms with Gasteiger partial charge in [0.2, 0.25) is 0 Å². The van der Waals surface area contributed by atoms with Crippen molar-refractivity contribution >= 4 is 24.8 Å². The monoisotopic (exact) mass is 310 g/mol. The van der Waals surface area contributed by atoms with Crippen LogP contribution in [0.2, 0.25) is 0 Å². The molecule has 1 aromatic rings. The normalized spacial score (nSPS) is 10.4. The molecule has 0 unspecified atom stereocenters. The molecule has 0 aromatic carbocycles. The van der Waals surface area contributed by atoms with Crippen molar-refractivity contribution in [2.45, 2.75) is 40.3 Å². The zero-order chi connectivity index (χ0) is 12.7. The van der Waals surface area contributed by atoms with Gasteiger partial charge in [0.1, 0.15) is 0 Å². The highest BCUT2D eigenvalue weighted by atomic mass is 35.5. The number of hydrogen-bond donors (Lipinski definition) is 1. The molecule has 6 heteroatoms. The lowest BCUT2D eigenvalue weighted by molar-refractivity contribution is 0.301. The van der Waals surface area contributed by atoms with Crippen LogP contribution in [-0.2, 0) is 6.54 Å². The van der Waals surface area contributed by atoms with E-state index in [9.17, 15) is 0 Å². The summed E-state index contributed by atoms with van der Waals surface area (Å²) in [5, 5.41) is 7.81. The van der Waals surface area contributed by atoms with Gasteiger partial charge in [-0.3, -0.25) is 4.68 Å². The summed E-state index contributed by atoms with van der Waals surface area (Å²) in [7, 11) is 0. The molecular weight excluding hydrogens is 283 g/mol. The molecular formula is C13H28Cl2N4. The van der Waals surface area contributed by atoms with E-state index in [-0.39, 0.29) is 24.8 Å². The molecule has 19 heavy (non-hydrogen) atoms. The maximum atomic E-state index is 4.33. The molecule has 1 N–H and O–H groups in total. The highest BCUT2D eigenvalue weighted by molar-refractivity contribution is 5.85. The van der Waals surface area contributed by atoms with Crippen LogP contribution in [0.15, 0.2) is 12.3 Å². The van der Waals surface area contributed by atoms with Gasteiger partial charge < -0.3 is 10.2 Å². The number of hydrogen-bond acceptors (Lipinski definition) is 3. The topological polar surface area (TPSA) is 33.1 Å². The molecule has 0 saturated carbocycles. The third-order valence-corrected chi connectivity index (χ3v) is 3.05. The first-order valence-electron chi connectivity index (χ1n) is 6.64. The third kappa shape index (κ3) is 7.16. The van der Waals surface area contributed by atoms with Crippen LogP contribution in [0.4, 0.5) is 0 Å². The first kappa shape index (κ1) is 21.0. The molecule has 0 spiro atoms. The molecule has 0 saturated heterocycles. The Morgan fingerprint density at radius 3 is 2.42 bits per heavy atom. The largest absolute Gasteiger partial charge is 0.310 e. The lowest BCUT2D eigenvalue weighted by atomic mass is 10.3. The molecule has 0 aliphatic heterocycles. The lowest BCUT2D eigenvalue weighted by Gasteiger charge is -2.18. The fourth-order valence-corrected chi connectivity index (χ4v) is 1.94. The number of nitrogens with zero attached hydrogens (tertiary/aromatic N) is 3. The average Bonchev–Trinajstić information content (AvgIpc) is 2.78. The molecule has 0 atom stereocenters. The molecule has 0 aliphatic carbocycles. The highest BCUT2D eigenvalue weighted by Crippen LogP contribution is 2.07. The Morgan fingerprint density at radius 1 is 1.26 bits per heavy atom. The van der Waals surface area contributed by atoms with Crippen molar-refractivity contribution in [1.29, 1.82) is 0 Å². The van der Waals surface area contributed by atoms with Gasteiger partial charge in [-0.25, -0.2) is 0 Å². The van der Waals surface area contributed by atoms with Crippen molar-refractivity contribution in [3.63, 3.8) is 0 Å². The van der Waals surface area contributed by atoms with E-state index in [4.69, 9.17) is 0 Å². The number of halogens is 2. The fraction of sp³-hybridized carbons (Fsp3) is 0.769. The molecule has 0 amide bonds. The number of nitrogens with one attached hydrogen (secondary N) is 1. The Bertz CT molecular complexity index is 311. The zero-order valence-corrected chi connectivity index (χ0v) is 14.1. The number of likely N-dealkylation sites (N-methyl/N-ethyl adjacent to an activating group) is 1. The fourth-order valence-electron chi connectivity index (χ4n) is 1.94. The third-order valence-electron chi connectivity index (χ3n) is 3.05. The van der Waals surface area contributed by atoms with E-state index >= 15 is 0 Å². The van der Waals surface area contributed by atoms with Gasteiger partial charge in [0.05, 0.1) is 5.69 Å². The summed E-state index contributed by atoms with van der Waals surface area (Å²) < 4.78 is 2.07. The molecule has 1 rings (SSSR count). The van der Waals surface area contributed by atoms with Crippen LogP contribution < -0.4 is 5.32 Å². The lowest BCUT2D eigenvalue weighted by Crippen LogP contribution is -2.32. The SMILES string of the molecule is CCN(CC)CCNCc1ccnn1C(C)C.Cl.Cl. The first-order valence-corrected chi connectivity index (χ1v) is 6.64. The second-order valence-corrected chi connectivity index (χ2v) is 4.56. The van der Waals surface area contributed by atoms with Gasteiger partial charge in [-0.15, -0.1) is 24.8 Å². The Kier molecular flexibility index (Phi) is 12.8. The Morgan fingerprint density at radius 2 is 1.89 bits per heavy atom. The molecule has 1 heterocycles. The van der Waals surface area contributed by atoms with Gasteiger partial charge in [-0.2, -0.15) is 5.10 Å². The van der Waals surface area contributed by atoms with E-state index in [1.807, 2.05) is 6.20 Å². The predicted octanol–water partition coefficient (Wildman–Crippen LogP) is 2.74. The minimum absolute atomic E-state index is 0. The zero-order valence-electron chi connectivity index (χ0n) is 12.4. The second-order valence-electron chi connectivity index (χ2n) is 4.56. The van der Waals surface area contributed by atoms with Crippen molar-refractivity contribution in [2.75, 3.05) is 26.2 Å². The average molecular weight is 311 g/mol. The quantitative estimate of drug-likeness (QED) is 0.750. The van der Waals surface area contributed by atoms with E-state index in [0.29, 0.717) is 6.04 Å². The smallest absolute Gasteiger partial charge is 0.0525 e. The maximum Gasteiger partial charge on any atom is 0.0525 e. The van der Waals surface area contributed by atoms with Crippen LogP contribution in [0.25, 0.3) is 0 Å². The molecule has 4 nitrogen and oxygen atoms in total. The molecule has 0 bridgehead atoms. The van der Waals surface area contributed by atoms with Crippen molar-refractivity contribution in [3.05, 3.63) is 18.0 Å². The summed E-state index contributed by atoms with van der Waals surface area (Å²) in [6, 6.07) is 2.52. The van der Waals surface area contributed by atoms with Crippen LogP contribution >= 0.6 is 24.8 Å². The standard InChI is InChI=1S/C13H26N4.2ClH/c1-5-16(6-2)10-9-14-11-13-7-8-15-17(13)12(3)4;;/h7-8,12,14H,5-6,9-11H2,1-4H3;2*1H. The van der Waals surface area contributed by atoms with E-state index < -0.39 is 0 Å². The van der Waals surface area contributed by atoms with E-state index in [1.165, 1.54) is 5.69 Å². The summed E-state index contributed by atoms with van der Waals surface area (Å²) in [6.07, 6.45) is 1.88. The summed E-state index contributed by atoms with van der Waals surface area (Å²) in [5.41, 5.74) is 1.26. The summed E-state index contributed by atoms with van der Waals surface area (Å²) >= 11 is 0. The van der Waals surface area contributed by atoms with Crippen LogP contribution in [0.3, 0.4) is 0 Å². The number of aromatic nitrogens is 2. The summed E-state index contributed by atoms with van der Waals surface area (Å²) in [4.78, 5) is 2.42. The highest BCUT2D eigenvalue weighted by Gasteiger charge is 2.05. The van der Waals surface area contributed by atoms with E-state index in [2.05, 4.69) is 53.8 Å². The van der Waals surface area contributed by atoms with Gasteiger partial charge in [-0.1, -0.05) is 13.8 Å². The predicted molar refractivity (Wildman–Crippen MR) is 86.6 cm³/mol. The Hall–Kier alpha value is -0.290. The summed E-state index contributed by atoms with van der Waals surface area (Å²) in [6.45, 7) is 14.0. The minimum Gasteiger partial charge on any atom is -0.310 e. The number of rotatable bonds is 8. The van der Waals surface area contributed by atoms with Crippen LogP contribution in [0, 0.1) is 0 Å². The van der Waals surface area contributed by atoms with Gasteiger partial charge in [-0.05, 0) is 33.0 Å².